The van der Waals surface area contributed by atoms with Gasteiger partial charge in [-0.15, -0.1) is 0 Å². The minimum Gasteiger partial charge on any atom is -0.396 e. The molecule has 0 amide bonds. The summed E-state index contributed by atoms with van der Waals surface area (Å²) in [5.74, 6) is 2.10. The Bertz CT molecular complexity index is 785. The SMILES string of the molecule is C=C1CC[C@H]2[C@H](CO)[C@@H]([C@@]3(C)Cc4cn[nH]c4C[C@@H]3CN3CCOCC3)CC[C@]12C. The number of fused-ring (bicyclic) bond motifs is 2. The molecule has 1 aromatic heterocycles. The van der Waals surface area contributed by atoms with E-state index in [-0.39, 0.29) is 10.8 Å². The number of nitrogens with one attached hydrogen (secondary N) is 1. The number of aliphatic hydroxyl groups is 1. The molecule has 4 aliphatic rings. The maximum absolute atomic E-state index is 10.6. The molecular weight excluding hydrogens is 374 g/mol. The van der Waals surface area contributed by atoms with Gasteiger partial charge in [0.15, 0.2) is 0 Å². The van der Waals surface area contributed by atoms with Crippen molar-refractivity contribution in [1.29, 1.82) is 0 Å². The lowest BCUT2D eigenvalue weighted by atomic mass is 9.49. The van der Waals surface area contributed by atoms with Gasteiger partial charge < -0.3 is 9.84 Å². The van der Waals surface area contributed by atoms with Crippen molar-refractivity contribution >= 4 is 0 Å². The van der Waals surface area contributed by atoms with Gasteiger partial charge >= 0.3 is 0 Å². The van der Waals surface area contributed by atoms with E-state index in [0.717, 1.165) is 52.1 Å². The first-order valence-electron chi connectivity index (χ1n) is 12.1. The van der Waals surface area contributed by atoms with Crippen molar-refractivity contribution in [2.24, 2.45) is 34.5 Å². The minimum absolute atomic E-state index is 0.188. The van der Waals surface area contributed by atoms with E-state index in [1.54, 1.807) is 0 Å². The minimum atomic E-state index is 0.188. The van der Waals surface area contributed by atoms with Gasteiger partial charge in [0.2, 0.25) is 0 Å². The number of hydrogen-bond acceptors (Lipinski definition) is 4. The summed E-state index contributed by atoms with van der Waals surface area (Å²) in [5, 5.41) is 18.3. The monoisotopic (exact) mass is 413 g/mol. The predicted molar refractivity (Wildman–Crippen MR) is 118 cm³/mol. The lowest BCUT2D eigenvalue weighted by molar-refractivity contribution is -0.0745. The van der Waals surface area contributed by atoms with Crippen molar-refractivity contribution < 1.29 is 9.84 Å². The molecule has 2 heterocycles. The van der Waals surface area contributed by atoms with Crippen LogP contribution >= 0.6 is 0 Å². The molecule has 0 unspecified atom stereocenters. The van der Waals surface area contributed by atoms with Crippen molar-refractivity contribution in [2.45, 2.75) is 52.4 Å². The molecule has 2 saturated carbocycles. The van der Waals surface area contributed by atoms with E-state index in [2.05, 4.69) is 41.7 Å². The largest absolute Gasteiger partial charge is 0.396 e. The first kappa shape index (κ1) is 20.7. The lowest BCUT2D eigenvalue weighted by Crippen LogP contribution is -2.54. The average Bonchev–Trinajstić information content (AvgIpc) is 3.31. The highest BCUT2D eigenvalue weighted by Gasteiger charge is 2.56. The van der Waals surface area contributed by atoms with E-state index in [9.17, 15) is 5.11 Å². The maximum Gasteiger partial charge on any atom is 0.0594 e. The highest BCUT2D eigenvalue weighted by molar-refractivity contribution is 5.26. The summed E-state index contributed by atoms with van der Waals surface area (Å²) in [4.78, 5) is 2.60. The normalized spacial score (nSPS) is 42.2. The third kappa shape index (κ3) is 3.20. The molecule has 0 spiro atoms. The number of nitrogens with zero attached hydrogens (tertiary/aromatic N) is 2. The fourth-order valence-electron chi connectivity index (χ4n) is 7.77. The Kier molecular flexibility index (Phi) is 5.35. The number of aliphatic hydroxyl groups excluding tert-OH is 1. The molecule has 6 atom stereocenters. The van der Waals surface area contributed by atoms with Gasteiger partial charge in [-0.05, 0) is 78.6 Å². The van der Waals surface area contributed by atoms with Crippen LogP contribution in [-0.2, 0) is 17.6 Å². The fraction of sp³-hybridized carbons (Fsp3) is 0.800. The smallest absolute Gasteiger partial charge is 0.0594 e. The van der Waals surface area contributed by atoms with E-state index in [1.807, 2.05) is 0 Å². The van der Waals surface area contributed by atoms with E-state index >= 15 is 0 Å². The lowest BCUT2D eigenvalue weighted by Gasteiger charge is -2.56. The molecule has 5 heteroatoms. The highest BCUT2D eigenvalue weighted by Crippen LogP contribution is 2.62. The van der Waals surface area contributed by atoms with Crippen LogP contribution in [-0.4, -0.2) is 59.7 Å². The van der Waals surface area contributed by atoms with Gasteiger partial charge in [-0.2, -0.15) is 5.10 Å². The zero-order valence-electron chi connectivity index (χ0n) is 18.8. The topological polar surface area (TPSA) is 61.4 Å². The van der Waals surface area contributed by atoms with Crippen LogP contribution in [0.15, 0.2) is 18.3 Å². The summed E-state index contributed by atoms with van der Waals surface area (Å²) in [5.41, 5.74) is 4.58. The Morgan fingerprint density at radius 3 is 2.83 bits per heavy atom. The van der Waals surface area contributed by atoms with Gasteiger partial charge in [-0.25, -0.2) is 0 Å². The van der Waals surface area contributed by atoms with Crippen LogP contribution < -0.4 is 0 Å². The Hall–Kier alpha value is -1.17. The molecule has 166 valence electrons. The summed E-state index contributed by atoms with van der Waals surface area (Å²) in [7, 11) is 0. The van der Waals surface area contributed by atoms with Crippen LogP contribution in [0.25, 0.3) is 0 Å². The number of morpholine rings is 1. The van der Waals surface area contributed by atoms with E-state index in [4.69, 9.17) is 4.74 Å². The summed E-state index contributed by atoms with van der Waals surface area (Å²) in [6.07, 6.45) is 9.00. The van der Waals surface area contributed by atoms with Gasteiger partial charge in [0, 0.05) is 31.9 Å². The van der Waals surface area contributed by atoms with Gasteiger partial charge in [0.1, 0.15) is 0 Å². The Morgan fingerprint density at radius 1 is 1.27 bits per heavy atom. The molecule has 3 aliphatic carbocycles. The van der Waals surface area contributed by atoms with Crippen LogP contribution in [0.3, 0.4) is 0 Å². The summed E-state index contributed by atoms with van der Waals surface area (Å²) >= 11 is 0. The number of H-pyrrole nitrogens is 1. The van der Waals surface area contributed by atoms with Crippen molar-refractivity contribution in [2.75, 3.05) is 39.5 Å². The molecule has 1 aliphatic heterocycles. The number of aromatic amines is 1. The number of rotatable bonds is 4. The Labute approximate surface area is 181 Å². The second kappa shape index (κ2) is 7.75. The number of aromatic nitrogens is 2. The van der Waals surface area contributed by atoms with Gasteiger partial charge in [-0.1, -0.05) is 26.0 Å². The van der Waals surface area contributed by atoms with Gasteiger partial charge in [-0.3, -0.25) is 10.00 Å². The van der Waals surface area contributed by atoms with Crippen LogP contribution in [0.4, 0.5) is 0 Å². The second-order valence-electron chi connectivity index (χ2n) is 11.0. The number of hydrogen-bond donors (Lipinski definition) is 2. The zero-order valence-corrected chi connectivity index (χ0v) is 18.8. The molecule has 30 heavy (non-hydrogen) atoms. The highest BCUT2D eigenvalue weighted by atomic mass is 16.5. The van der Waals surface area contributed by atoms with Crippen molar-refractivity contribution in [3.05, 3.63) is 29.6 Å². The number of allylic oxidation sites excluding steroid dienone is 1. The van der Waals surface area contributed by atoms with Crippen molar-refractivity contribution in [3.63, 3.8) is 0 Å². The standard InChI is InChI=1S/C25H39N3O2/c1-17-4-5-21-20(16-29)22(6-7-24(17,21)2)25(3)13-18-14-26-27-23(18)12-19(25)15-28-8-10-30-11-9-28/h14,19-22,29H,1,4-13,15-16H2,2-3H3,(H,26,27)/t19-,20+,21+,22+,24-,25+/m1/s1. The quantitative estimate of drug-likeness (QED) is 0.742. The first-order chi connectivity index (χ1) is 14.5. The average molecular weight is 414 g/mol. The molecule has 0 radical (unpaired) electrons. The molecule has 5 rings (SSSR count). The van der Waals surface area contributed by atoms with E-state index < -0.39 is 0 Å². The number of ether oxygens (including phenoxy) is 1. The van der Waals surface area contributed by atoms with Crippen LogP contribution in [0.1, 0.15) is 50.8 Å². The second-order valence-corrected chi connectivity index (χ2v) is 11.0. The van der Waals surface area contributed by atoms with Gasteiger partial charge in [0.25, 0.3) is 0 Å². The summed E-state index contributed by atoms with van der Waals surface area (Å²) in [6.45, 7) is 14.6. The van der Waals surface area contributed by atoms with E-state index in [0.29, 0.717) is 30.3 Å². The predicted octanol–water partition coefficient (Wildman–Crippen LogP) is 3.45. The molecule has 0 aromatic carbocycles. The maximum atomic E-state index is 10.6. The van der Waals surface area contributed by atoms with E-state index in [1.165, 1.54) is 36.1 Å². The Morgan fingerprint density at radius 2 is 2.07 bits per heavy atom. The third-order valence-electron chi connectivity index (χ3n) is 9.79. The third-order valence-corrected chi connectivity index (χ3v) is 9.79. The summed E-state index contributed by atoms with van der Waals surface area (Å²) in [6, 6.07) is 0. The molecule has 1 aromatic rings. The van der Waals surface area contributed by atoms with Crippen LogP contribution in [0.5, 0.6) is 0 Å². The van der Waals surface area contributed by atoms with Crippen molar-refractivity contribution in [1.82, 2.24) is 15.1 Å². The zero-order chi connectivity index (χ0) is 20.9. The molecule has 3 fully saturated rings. The fourth-order valence-corrected chi connectivity index (χ4v) is 7.77. The molecule has 0 bridgehead atoms. The summed E-state index contributed by atoms with van der Waals surface area (Å²) < 4.78 is 5.60. The Balaban J connectivity index is 1.46. The first-order valence-corrected chi connectivity index (χ1v) is 12.1. The molecule has 2 N–H and O–H groups in total. The molecule has 5 nitrogen and oxygen atoms in total. The van der Waals surface area contributed by atoms with Crippen molar-refractivity contribution in [3.8, 4) is 0 Å². The van der Waals surface area contributed by atoms with Crippen LogP contribution in [0, 0.1) is 34.5 Å². The molecule has 1 saturated heterocycles. The van der Waals surface area contributed by atoms with Crippen LogP contribution in [0.2, 0.25) is 0 Å². The van der Waals surface area contributed by atoms with Gasteiger partial charge in [0.05, 0.1) is 19.4 Å². The molecular formula is C25H39N3O2.